The van der Waals surface area contributed by atoms with Gasteiger partial charge in [-0.3, -0.25) is 14.5 Å². The normalized spacial score (nSPS) is 15.0. The molecule has 0 N–H and O–H groups in total. The maximum absolute atomic E-state index is 12.9. The minimum absolute atomic E-state index is 0.241. The molecule has 0 atom stereocenters. The molecular formula is C24H17Br2NO3S. The average Bonchev–Trinajstić information content (AvgIpc) is 3.03. The second kappa shape index (κ2) is 9.85. The van der Waals surface area contributed by atoms with Crippen LogP contribution in [0.1, 0.15) is 16.7 Å². The Morgan fingerprint density at radius 3 is 2.32 bits per heavy atom. The quantitative estimate of drug-likeness (QED) is 0.305. The number of ether oxygens (including phenoxy) is 1. The van der Waals surface area contributed by atoms with Crippen LogP contribution in [0, 0.1) is 0 Å². The van der Waals surface area contributed by atoms with Gasteiger partial charge >= 0.3 is 0 Å². The van der Waals surface area contributed by atoms with E-state index in [2.05, 4.69) is 31.9 Å². The third-order valence-corrected chi connectivity index (χ3v) is 6.55. The number of amides is 2. The average molecular weight is 559 g/mol. The van der Waals surface area contributed by atoms with E-state index in [-0.39, 0.29) is 17.7 Å². The van der Waals surface area contributed by atoms with Gasteiger partial charge in [0.25, 0.3) is 11.1 Å². The Morgan fingerprint density at radius 1 is 0.871 bits per heavy atom. The summed E-state index contributed by atoms with van der Waals surface area (Å²) in [6.45, 7) is 0.652. The highest BCUT2D eigenvalue weighted by atomic mass is 79.9. The molecule has 0 spiro atoms. The molecule has 156 valence electrons. The smallest absolute Gasteiger partial charge is 0.293 e. The maximum atomic E-state index is 12.9. The number of carbonyl (C=O) groups excluding carboxylic acids is 2. The Balaban J connectivity index is 1.55. The molecule has 1 aliphatic rings. The highest BCUT2D eigenvalue weighted by Gasteiger charge is 2.35. The Labute approximate surface area is 201 Å². The molecule has 2 amide bonds. The second-order valence-corrected chi connectivity index (χ2v) is 9.68. The highest BCUT2D eigenvalue weighted by molar-refractivity contribution is 9.10. The van der Waals surface area contributed by atoms with Crippen LogP contribution in [-0.4, -0.2) is 16.0 Å². The third-order valence-electron chi connectivity index (χ3n) is 4.62. The standard InChI is InChI=1S/C24H17Br2NO3S/c25-19-8-6-16(7-9-19)14-27-23(28)22(31-24(27)29)13-18-12-20(26)10-11-21(18)30-15-17-4-2-1-3-5-17/h1-13H,14-15H2/b22-13-. The lowest BCUT2D eigenvalue weighted by Crippen LogP contribution is -2.27. The predicted octanol–water partition coefficient (Wildman–Crippen LogP) is 7.03. The van der Waals surface area contributed by atoms with Gasteiger partial charge in [0.15, 0.2) is 0 Å². The highest BCUT2D eigenvalue weighted by Crippen LogP contribution is 2.36. The van der Waals surface area contributed by atoms with Gasteiger partial charge < -0.3 is 4.74 Å². The minimum Gasteiger partial charge on any atom is -0.488 e. The fourth-order valence-electron chi connectivity index (χ4n) is 3.05. The second-order valence-electron chi connectivity index (χ2n) is 6.85. The van der Waals surface area contributed by atoms with Crippen molar-refractivity contribution in [2.45, 2.75) is 13.2 Å². The van der Waals surface area contributed by atoms with Crippen molar-refractivity contribution in [1.82, 2.24) is 4.90 Å². The summed E-state index contributed by atoms with van der Waals surface area (Å²) in [6, 6.07) is 23.0. The lowest BCUT2D eigenvalue weighted by molar-refractivity contribution is -0.123. The lowest BCUT2D eigenvalue weighted by atomic mass is 10.1. The van der Waals surface area contributed by atoms with E-state index < -0.39 is 0 Å². The van der Waals surface area contributed by atoms with E-state index >= 15 is 0 Å². The van der Waals surface area contributed by atoms with Crippen molar-refractivity contribution in [2.24, 2.45) is 0 Å². The number of nitrogens with zero attached hydrogens (tertiary/aromatic N) is 1. The predicted molar refractivity (Wildman–Crippen MR) is 131 cm³/mol. The first-order chi connectivity index (χ1) is 15.0. The number of rotatable bonds is 6. The summed E-state index contributed by atoms with van der Waals surface area (Å²) in [5.41, 5.74) is 2.67. The van der Waals surface area contributed by atoms with E-state index in [1.165, 1.54) is 4.90 Å². The summed E-state index contributed by atoms with van der Waals surface area (Å²) >= 11 is 7.81. The van der Waals surface area contributed by atoms with E-state index in [4.69, 9.17) is 4.74 Å². The fraction of sp³-hybridized carbons (Fsp3) is 0.0833. The summed E-state index contributed by atoms with van der Waals surface area (Å²) in [5, 5.41) is -0.277. The van der Waals surface area contributed by atoms with Gasteiger partial charge in [-0.15, -0.1) is 0 Å². The van der Waals surface area contributed by atoms with Crippen LogP contribution in [0.15, 0.2) is 86.6 Å². The SMILES string of the molecule is O=C1S/C(=C\c2cc(Br)ccc2OCc2ccccc2)C(=O)N1Cc1ccc(Br)cc1. The number of benzene rings is 3. The van der Waals surface area contributed by atoms with E-state index in [0.29, 0.717) is 17.3 Å². The zero-order valence-corrected chi connectivity index (χ0v) is 20.2. The molecule has 0 radical (unpaired) electrons. The van der Waals surface area contributed by atoms with Crippen LogP contribution in [0.5, 0.6) is 5.75 Å². The van der Waals surface area contributed by atoms with E-state index in [9.17, 15) is 9.59 Å². The molecule has 0 bridgehead atoms. The molecule has 0 aliphatic carbocycles. The summed E-state index contributed by atoms with van der Waals surface area (Å²) in [7, 11) is 0. The molecule has 4 rings (SSSR count). The lowest BCUT2D eigenvalue weighted by Gasteiger charge is -2.12. The van der Waals surface area contributed by atoms with Crippen molar-refractivity contribution in [3.05, 3.63) is 103 Å². The van der Waals surface area contributed by atoms with Gasteiger partial charge in [0.05, 0.1) is 11.4 Å². The zero-order valence-electron chi connectivity index (χ0n) is 16.3. The summed E-state index contributed by atoms with van der Waals surface area (Å²) in [5.74, 6) is 0.346. The van der Waals surface area contributed by atoms with Crippen molar-refractivity contribution in [2.75, 3.05) is 0 Å². The van der Waals surface area contributed by atoms with Crippen LogP contribution in [0.25, 0.3) is 6.08 Å². The van der Waals surface area contributed by atoms with Gasteiger partial charge in [-0.25, -0.2) is 0 Å². The van der Waals surface area contributed by atoms with Crippen molar-refractivity contribution >= 4 is 60.8 Å². The van der Waals surface area contributed by atoms with Gasteiger partial charge in [-0.1, -0.05) is 74.3 Å². The van der Waals surface area contributed by atoms with Crippen LogP contribution >= 0.6 is 43.6 Å². The van der Waals surface area contributed by atoms with Gasteiger partial charge in [0.2, 0.25) is 0 Å². The molecule has 31 heavy (non-hydrogen) atoms. The Hall–Kier alpha value is -2.35. The van der Waals surface area contributed by atoms with Gasteiger partial charge in [-0.2, -0.15) is 0 Å². The molecule has 1 saturated heterocycles. The number of thioether (sulfide) groups is 1. The molecule has 3 aromatic carbocycles. The first kappa shape index (κ1) is 21.9. The first-order valence-electron chi connectivity index (χ1n) is 9.46. The molecule has 0 saturated carbocycles. The molecule has 4 nitrogen and oxygen atoms in total. The van der Waals surface area contributed by atoms with Crippen LogP contribution in [-0.2, 0) is 17.9 Å². The van der Waals surface area contributed by atoms with Crippen molar-refractivity contribution < 1.29 is 14.3 Å². The van der Waals surface area contributed by atoms with E-state index in [1.807, 2.05) is 72.8 Å². The molecule has 0 unspecified atom stereocenters. The fourth-order valence-corrected chi connectivity index (χ4v) is 4.52. The van der Waals surface area contributed by atoms with Gasteiger partial charge in [-0.05, 0) is 59.3 Å². The van der Waals surface area contributed by atoms with Crippen molar-refractivity contribution in [1.29, 1.82) is 0 Å². The van der Waals surface area contributed by atoms with E-state index in [0.717, 1.165) is 37.4 Å². The van der Waals surface area contributed by atoms with Crippen LogP contribution in [0.2, 0.25) is 0 Å². The summed E-state index contributed by atoms with van der Waals surface area (Å²) < 4.78 is 7.80. The molecule has 7 heteroatoms. The van der Waals surface area contributed by atoms with Crippen LogP contribution < -0.4 is 4.74 Å². The molecule has 1 heterocycles. The number of carbonyl (C=O) groups is 2. The zero-order chi connectivity index (χ0) is 21.8. The summed E-state index contributed by atoms with van der Waals surface area (Å²) in [6.07, 6.45) is 1.72. The third kappa shape index (κ3) is 5.47. The Morgan fingerprint density at radius 2 is 1.58 bits per heavy atom. The first-order valence-corrected chi connectivity index (χ1v) is 11.9. The van der Waals surface area contributed by atoms with Crippen LogP contribution in [0.3, 0.4) is 0 Å². The Kier molecular flexibility index (Phi) is 6.95. The molecule has 1 aliphatic heterocycles. The summed E-state index contributed by atoms with van der Waals surface area (Å²) in [4.78, 5) is 27.1. The van der Waals surface area contributed by atoms with Gasteiger partial charge in [0.1, 0.15) is 12.4 Å². The molecule has 1 fully saturated rings. The molecule has 0 aromatic heterocycles. The topological polar surface area (TPSA) is 46.6 Å². The Bertz CT molecular complexity index is 1150. The minimum atomic E-state index is -0.299. The molecule has 3 aromatic rings. The number of hydrogen-bond acceptors (Lipinski definition) is 4. The van der Waals surface area contributed by atoms with Crippen molar-refractivity contribution in [3.8, 4) is 5.75 Å². The van der Waals surface area contributed by atoms with Crippen LogP contribution in [0.4, 0.5) is 4.79 Å². The number of imide groups is 1. The number of halogens is 2. The molecular weight excluding hydrogens is 542 g/mol. The van der Waals surface area contributed by atoms with E-state index in [1.54, 1.807) is 6.08 Å². The van der Waals surface area contributed by atoms with Crippen molar-refractivity contribution in [3.63, 3.8) is 0 Å². The monoisotopic (exact) mass is 557 g/mol. The maximum Gasteiger partial charge on any atom is 0.293 e. The largest absolute Gasteiger partial charge is 0.488 e. The van der Waals surface area contributed by atoms with Gasteiger partial charge in [0, 0.05) is 14.5 Å². The number of hydrogen-bond donors (Lipinski definition) is 0.